The van der Waals surface area contributed by atoms with Crippen LogP contribution in [0.1, 0.15) is 13.3 Å². The van der Waals surface area contributed by atoms with Crippen LogP contribution >= 0.6 is 0 Å². The molecule has 7 nitrogen and oxygen atoms in total. The van der Waals surface area contributed by atoms with E-state index < -0.39 is 31.3 Å². The maximum Gasteiger partial charge on any atom is 0.324 e. The molecule has 0 radical (unpaired) electrons. The van der Waals surface area contributed by atoms with Gasteiger partial charge in [-0.25, -0.2) is 8.42 Å². The van der Waals surface area contributed by atoms with E-state index in [-0.39, 0.29) is 18.5 Å². The van der Waals surface area contributed by atoms with Crippen LogP contribution in [-0.2, 0) is 10.0 Å². The number of nitro benzene ring substituents is 1. The first kappa shape index (κ1) is 15.8. The summed E-state index contributed by atoms with van der Waals surface area (Å²) < 4.78 is 39.8. The fourth-order valence-electron chi connectivity index (χ4n) is 2.37. The first-order chi connectivity index (χ1) is 9.71. The minimum atomic E-state index is -4.12. The molecule has 1 atom stereocenters. The van der Waals surface area contributed by atoms with Gasteiger partial charge in [-0.1, -0.05) is 13.0 Å². The number of para-hydroxylation sites is 1. The second kappa shape index (κ2) is 5.32. The first-order valence-corrected chi connectivity index (χ1v) is 7.78. The molecule has 1 saturated heterocycles. The maximum absolute atomic E-state index is 13.6. The molecule has 116 valence electrons. The van der Waals surface area contributed by atoms with Gasteiger partial charge in [0.25, 0.3) is 0 Å². The lowest BCUT2D eigenvalue weighted by Gasteiger charge is -2.22. The summed E-state index contributed by atoms with van der Waals surface area (Å²) in [6, 6.07) is 3.06. The number of hydrogen-bond donors (Lipinski definition) is 1. The van der Waals surface area contributed by atoms with Gasteiger partial charge >= 0.3 is 5.69 Å². The third-order valence-corrected chi connectivity index (χ3v) is 5.64. The van der Waals surface area contributed by atoms with Crippen molar-refractivity contribution in [2.75, 3.05) is 19.6 Å². The number of halogens is 1. The molecule has 0 amide bonds. The highest BCUT2D eigenvalue weighted by Gasteiger charge is 2.41. The van der Waals surface area contributed by atoms with Gasteiger partial charge < -0.3 is 5.73 Å². The first-order valence-electron chi connectivity index (χ1n) is 6.34. The molecule has 2 rings (SSSR count). The molecule has 1 aliphatic heterocycles. The molecule has 2 N–H and O–H groups in total. The molecule has 9 heteroatoms. The highest BCUT2D eigenvalue weighted by atomic mass is 32.2. The van der Waals surface area contributed by atoms with Crippen LogP contribution in [0.15, 0.2) is 23.1 Å². The minimum Gasteiger partial charge on any atom is -0.330 e. The lowest BCUT2D eigenvalue weighted by Crippen LogP contribution is -2.34. The largest absolute Gasteiger partial charge is 0.330 e. The second-order valence-corrected chi connectivity index (χ2v) is 7.35. The summed E-state index contributed by atoms with van der Waals surface area (Å²) in [5, 5.41) is 11.0. The van der Waals surface area contributed by atoms with E-state index in [1.807, 2.05) is 6.92 Å². The molecule has 1 aromatic rings. The fourth-order valence-corrected chi connectivity index (χ4v) is 4.13. The Morgan fingerprint density at radius 2 is 2.19 bits per heavy atom. The molecule has 0 spiro atoms. The van der Waals surface area contributed by atoms with Crippen molar-refractivity contribution in [2.45, 2.75) is 18.2 Å². The average molecular weight is 317 g/mol. The van der Waals surface area contributed by atoms with E-state index in [1.165, 1.54) is 0 Å². The summed E-state index contributed by atoms with van der Waals surface area (Å²) in [4.78, 5) is 9.32. The third-order valence-electron chi connectivity index (χ3n) is 3.77. The topological polar surface area (TPSA) is 107 Å². The summed E-state index contributed by atoms with van der Waals surface area (Å²) in [6.07, 6.45) is 0.561. The normalized spacial score (nSPS) is 23.4. The molecule has 0 aromatic heterocycles. The van der Waals surface area contributed by atoms with Crippen LogP contribution in [0.3, 0.4) is 0 Å². The molecule has 1 aliphatic rings. The van der Waals surface area contributed by atoms with Gasteiger partial charge in [0, 0.05) is 13.1 Å². The van der Waals surface area contributed by atoms with Crippen LogP contribution < -0.4 is 5.73 Å². The van der Waals surface area contributed by atoms with E-state index in [0.29, 0.717) is 13.0 Å². The Morgan fingerprint density at radius 1 is 1.52 bits per heavy atom. The molecule has 21 heavy (non-hydrogen) atoms. The van der Waals surface area contributed by atoms with Gasteiger partial charge in [-0.05, 0) is 30.5 Å². The van der Waals surface area contributed by atoms with Crippen molar-refractivity contribution in [3.05, 3.63) is 34.1 Å². The Bertz CT molecular complexity index is 679. The fraction of sp³-hybridized carbons (Fsp3) is 0.500. The van der Waals surface area contributed by atoms with Crippen LogP contribution in [-0.4, -0.2) is 37.3 Å². The highest BCUT2D eigenvalue weighted by Crippen LogP contribution is 2.35. The molecular formula is C12H16FN3O4S. The second-order valence-electron chi connectivity index (χ2n) is 5.45. The maximum atomic E-state index is 13.6. The summed E-state index contributed by atoms with van der Waals surface area (Å²) in [7, 11) is -4.12. The van der Waals surface area contributed by atoms with E-state index in [4.69, 9.17) is 5.73 Å². The van der Waals surface area contributed by atoms with Crippen molar-refractivity contribution in [3.63, 3.8) is 0 Å². The molecule has 1 aromatic carbocycles. The summed E-state index contributed by atoms with van der Waals surface area (Å²) >= 11 is 0. The zero-order chi connectivity index (χ0) is 15.8. The monoisotopic (exact) mass is 317 g/mol. The Kier molecular flexibility index (Phi) is 4.00. The van der Waals surface area contributed by atoms with E-state index in [9.17, 15) is 22.9 Å². The zero-order valence-corrected chi connectivity index (χ0v) is 12.3. The number of hydrogen-bond acceptors (Lipinski definition) is 5. The Balaban J connectivity index is 2.47. The van der Waals surface area contributed by atoms with Crippen molar-refractivity contribution in [1.82, 2.24) is 4.31 Å². The molecule has 0 saturated carbocycles. The number of benzene rings is 1. The van der Waals surface area contributed by atoms with Crippen LogP contribution in [0.2, 0.25) is 0 Å². The van der Waals surface area contributed by atoms with Gasteiger partial charge in [0.2, 0.25) is 15.8 Å². The van der Waals surface area contributed by atoms with Gasteiger partial charge in [0.1, 0.15) is 0 Å². The summed E-state index contributed by atoms with van der Waals surface area (Å²) in [5.41, 5.74) is 4.24. The quantitative estimate of drug-likeness (QED) is 0.661. The van der Waals surface area contributed by atoms with Crippen LogP contribution in [0.25, 0.3) is 0 Å². The molecule has 0 aliphatic carbocycles. The smallest absolute Gasteiger partial charge is 0.324 e. The number of sulfonamides is 1. The predicted octanol–water partition coefficient (Wildman–Crippen LogP) is 1.09. The van der Waals surface area contributed by atoms with Crippen LogP contribution in [0, 0.1) is 21.3 Å². The molecule has 0 bridgehead atoms. The van der Waals surface area contributed by atoms with E-state index in [0.717, 1.165) is 22.5 Å². The van der Waals surface area contributed by atoms with Crippen molar-refractivity contribution in [1.29, 1.82) is 0 Å². The summed E-state index contributed by atoms with van der Waals surface area (Å²) in [6.45, 7) is 2.54. The molecule has 1 heterocycles. The van der Waals surface area contributed by atoms with Crippen molar-refractivity contribution in [3.8, 4) is 0 Å². The number of nitro groups is 1. The summed E-state index contributed by atoms with van der Waals surface area (Å²) in [5.74, 6) is -1.16. The van der Waals surface area contributed by atoms with E-state index in [2.05, 4.69) is 0 Å². The van der Waals surface area contributed by atoms with Gasteiger partial charge in [0.15, 0.2) is 4.90 Å². The van der Waals surface area contributed by atoms with Gasteiger partial charge in [0.05, 0.1) is 4.92 Å². The molecule has 1 fully saturated rings. The van der Waals surface area contributed by atoms with Crippen molar-refractivity contribution < 1.29 is 17.7 Å². The lowest BCUT2D eigenvalue weighted by atomic mass is 9.90. The SMILES string of the molecule is CC1(CN)CCN(S(=O)(=O)c2cccc(F)c2[N+](=O)[O-])C1. The number of nitrogens with two attached hydrogens (primary N) is 1. The van der Waals surface area contributed by atoms with Gasteiger partial charge in [-0.3, -0.25) is 10.1 Å². The highest BCUT2D eigenvalue weighted by molar-refractivity contribution is 7.89. The lowest BCUT2D eigenvalue weighted by molar-refractivity contribution is -0.390. The minimum absolute atomic E-state index is 0.166. The predicted molar refractivity (Wildman–Crippen MR) is 73.6 cm³/mol. The van der Waals surface area contributed by atoms with E-state index >= 15 is 0 Å². The zero-order valence-electron chi connectivity index (χ0n) is 11.5. The third kappa shape index (κ3) is 2.76. The van der Waals surface area contributed by atoms with Gasteiger partial charge in [-0.15, -0.1) is 0 Å². The Labute approximate surface area is 121 Å². The van der Waals surface area contributed by atoms with Crippen LogP contribution in [0.5, 0.6) is 0 Å². The van der Waals surface area contributed by atoms with Gasteiger partial charge in [-0.2, -0.15) is 8.70 Å². The van der Waals surface area contributed by atoms with Crippen LogP contribution in [0.4, 0.5) is 10.1 Å². The Hall–Kier alpha value is -1.58. The number of rotatable bonds is 4. The standard InChI is InChI=1S/C12H16FN3O4S/c1-12(7-14)5-6-15(8-12)21(19,20)10-4-2-3-9(13)11(10)16(17)18/h2-4H,5-8,14H2,1H3. The van der Waals surface area contributed by atoms with E-state index in [1.54, 1.807) is 0 Å². The van der Waals surface area contributed by atoms with Crippen molar-refractivity contribution >= 4 is 15.7 Å². The number of nitrogens with zero attached hydrogens (tertiary/aromatic N) is 2. The molecular weight excluding hydrogens is 301 g/mol. The molecule has 1 unspecified atom stereocenters. The average Bonchev–Trinajstić information content (AvgIpc) is 2.82. The van der Waals surface area contributed by atoms with Crippen molar-refractivity contribution in [2.24, 2.45) is 11.1 Å². The Morgan fingerprint density at radius 3 is 2.71 bits per heavy atom.